The number of hydrogen-bond acceptors (Lipinski definition) is 4. The minimum atomic E-state index is -1.03. The van der Waals surface area contributed by atoms with Crippen LogP contribution in [0, 0.1) is 0 Å². The van der Waals surface area contributed by atoms with Crippen LogP contribution in [0.2, 0.25) is 0 Å². The minimum Gasteiger partial charge on any atom is -0.432 e. The summed E-state index contributed by atoms with van der Waals surface area (Å²) in [4.78, 5) is 12.3. The van der Waals surface area contributed by atoms with Crippen molar-refractivity contribution in [1.82, 2.24) is 34.9 Å². The molecule has 4 aromatic heterocycles. The number of fused-ring (bicyclic) bond motifs is 1. The summed E-state index contributed by atoms with van der Waals surface area (Å²) in [6, 6.07) is 11.7. The maximum Gasteiger partial charge on any atom is 0.247 e. The number of pyridine rings is 1. The molecule has 8 nitrogen and oxygen atoms in total. The highest BCUT2D eigenvalue weighted by molar-refractivity contribution is 5.94. The molecule has 0 aliphatic heterocycles. The Morgan fingerprint density at radius 3 is 2.69 bits per heavy atom. The summed E-state index contributed by atoms with van der Waals surface area (Å²) >= 11 is 0. The number of hydrogen-bond donors (Lipinski definition) is 2. The molecule has 1 aromatic carbocycles. The summed E-state index contributed by atoms with van der Waals surface area (Å²) in [5.74, 6) is 1.02. The molecule has 29 heavy (non-hydrogen) atoms. The molecule has 5 rings (SSSR count). The second kappa shape index (κ2) is 6.39. The summed E-state index contributed by atoms with van der Waals surface area (Å²) in [6.45, 7) is 1.81. The zero-order chi connectivity index (χ0) is 20.0. The molecule has 0 bridgehead atoms. The van der Waals surface area contributed by atoms with Gasteiger partial charge in [-0.15, -0.1) is 0 Å². The largest absolute Gasteiger partial charge is 0.432 e. The van der Waals surface area contributed by atoms with Gasteiger partial charge in [-0.05, 0) is 6.07 Å². The quantitative estimate of drug-likeness (QED) is 0.463. The number of nitrogens with one attached hydrogen (secondary N) is 2. The second-order valence-electron chi connectivity index (χ2n) is 7.22. The highest BCUT2D eigenvalue weighted by Crippen LogP contribution is 2.31. The number of aryl methyl sites for hydroxylation is 1. The Balaban J connectivity index is 1.57. The van der Waals surface area contributed by atoms with Crippen LogP contribution < -0.4 is 0 Å². The number of nitrogens with zero attached hydrogens (tertiary/aromatic N) is 5. The lowest BCUT2D eigenvalue weighted by atomic mass is 9.95. The van der Waals surface area contributed by atoms with Crippen LogP contribution in [0.5, 0.6) is 0 Å². The molecule has 0 aliphatic rings. The van der Waals surface area contributed by atoms with Crippen LogP contribution in [0.3, 0.4) is 0 Å². The summed E-state index contributed by atoms with van der Waals surface area (Å²) in [7, 11) is 1.89. The summed E-state index contributed by atoms with van der Waals surface area (Å²) in [5, 5.41) is 21.3. The molecular weight excluding hydrogens is 366 g/mol. The van der Waals surface area contributed by atoms with E-state index in [4.69, 9.17) is 5.11 Å². The van der Waals surface area contributed by atoms with Crippen molar-refractivity contribution < 1.29 is 5.11 Å². The molecule has 8 heteroatoms. The van der Waals surface area contributed by atoms with Crippen LogP contribution in [-0.4, -0.2) is 40.0 Å². The maximum atomic E-state index is 8.80. The Bertz CT molecular complexity index is 1300. The van der Waals surface area contributed by atoms with Gasteiger partial charge in [0.25, 0.3) is 0 Å². The van der Waals surface area contributed by atoms with Crippen molar-refractivity contribution in [2.75, 3.05) is 0 Å². The van der Waals surface area contributed by atoms with Gasteiger partial charge in [-0.25, -0.2) is 9.97 Å². The van der Waals surface area contributed by atoms with Crippen molar-refractivity contribution in [3.05, 3.63) is 72.6 Å². The van der Waals surface area contributed by atoms with Crippen LogP contribution in [0.4, 0.5) is 0 Å². The van der Waals surface area contributed by atoms with E-state index in [0.29, 0.717) is 11.6 Å². The first-order valence-corrected chi connectivity index (χ1v) is 9.22. The molecule has 0 fully saturated rings. The Kier molecular flexibility index (Phi) is 3.82. The Hall–Kier alpha value is -3.78. The highest BCUT2D eigenvalue weighted by Gasteiger charge is 2.35. The SMILES string of the molecule is Cn1cc(-c2cnc3[nH]cc(-c4n[nH]c(C(C)([OH2+])c5ccccc5)n4)c3c2)cn1. The van der Waals surface area contributed by atoms with E-state index in [2.05, 4.69) is 36.3 Å². The number of aromatic nitrogens is 7. The summed E-state index contributed by atoms with van der Waals surface area (Å²) in [5.41, 5.74) is 3.38. The third-order valence-corrected chi connectivity index (χ3v) is 5.12. The average Bonchev–Trinajstić information content (AvgIpc) is 3.47. The zero-order valence-electron chi connectivity index (χ0n) is 16.0. The van der Waals surface area contributed by atoms with Crippen molar-refractivity contribution in [3.63, 3.8) is 0 Å². The highest BCUT2D eigenvalue weighted by atomic mass is 16.3. The summed E-state index contributed by atoms with van der Waals surface area (Å²) in [6.07, 6.45) is 7.43. The van der Waals surface area contributed by atoms with Gasteiger partial charge in [-0.1, -0.05) is 30.3 Å². The molecule has 4 N–H and O–H groups in total. The molecule has 5 aromatic rings. The van der Waals surface area contributed by atoms with Gasteiger partial charge in [0.15, 0.2) is 5.82 Å². The van der Waals surface area contributed by atoms with Crippen LogP contribution in [0.15, 0.2) is 61.2 Å². The van der Waals surface area contributed by atoms with E-state index in [1.54, 1.807) is 4.68 Å². The van der Waals surface area contributed by atoms with E-state index >= 15 is 0 Å². The number of benzene rings is 1. The van der Waals surface area contributed by atoms with Crippen molar-refractivity contribution in [2.24, 2.45) is 7.05 Å². The Labute approximate surface area is 166 Å². The predicted molar refractivity (Wildman–Crippen MR) is 110 cm³/mol. The van der Waals surface area contributed by atoms with E-state index in [1.165, 1.54) is 0 Å². The zero-order valence-corrected chi connectivity index (χ0v) is 16.0. The maximum absolute atomic E-state index is 8.80. The third kappa shape index (κ3) is 2.90. The number of rotatable bonds is 4. The molecule has 144 valence electrons. The molecule has 0 radical (unpaired) electrons. The van der Waals surface area contributed by atoms with Crippen LogP contribution >= 0.6 is 0 Å². The second-order valence-corrected chi connectivity index (χ2v) is 7.22. The molecule has 0 amide bonds. The minimum absolute atomic E-state index is 0.490. The number of aromatic amines is 2. The van der Waals surface area contributed by atoms with Gasteiger partial charge < -0.3 is 10.1 Å². The first-order chi connectivity index (χ1) is 14.0. The van der Waals surface area contributed by atoms with Gasteiger partial charge in [0.2, 0.25) is 11.4 Å². The van der Waals surface area contributed by atoms with Crippen LogP contribution in [0.1, 0.15) is 18.3 Å². The van der Waals surface area contributed by atoms with Gasteiger partial charge in [0.05, 0.1) is 6.20 Å². The average molecular weight is 386 g/mol. The topological polar surface area (TPSA) is 111 Å². The van der Waals surface area contributed by atoms with Gasteiger partial charge in [-0.2, -0.15) is 10.2 Å². The van der Waals surface area contributed by atoms with E-state index in [-0.39, 0.29) is 0 Å². The number of H-pyrrole nitrogens is 2. The Morgan fingerprint density at radius 1 is 1.10 bits per heavy atom. The van der Waals surface area contributed by atoms with Crippen molar-refractivity contribution >= 4 is 11.0 Å². The molecule has 0 spiro atoms. The lowest BCUT2D eigenvalue weighted by Gasteiger charge is -2.15. The molecule has 1 atom stereocenters. The lowest BCUT2D eigenvalue weighted by Crippen LogP contribution is -2.24. The lowest BCUT2D eigenvalue weighted by molar-refractivity contribution is 0.0926. The molecule has 4 heterocycles. The van der Waals surface area contributed by atoms with E-state index in [1.807, 2.05) is 69.1 Å². The van der Waals surface area contributed by atoms with Gasteiger partial charge in [0, 0.05) is 60.2 Å². The molecular formula is C21H20N7O+. The first-order valence-electron chi connectivity index (χ1n) is 9.22. The predicted octanol–water partition coefficient (Wildman–Crippen LogP) is 2.74. The fourth-order valence-corrected chi connectivity index (χ4v) is 3.43. The molecule has 1 unspecified atom stereocenters. The summed E-state index contributed by atoms with van der Waals surface area (Å²) < 4.78 is 1.76. The molecule has 0 aliphatic carbocycles. The van der Waals surface area contributed by atoms with Crippen molar-refractivity contribution in [1.29, 1.82) is 0 Å². The third-order valence-electron chi connectivity index (χ3n) is 5.12. The van der Waals surface area contributed by atoms with Crippen LogP contribution in [0.25, 0.3) is 33.5 Å². The van der Waals surface area contributed by atoms with E-state index in [0.717, 1.165) is 33.3 Å². The van der Waals surface area contributed by atoms with Crippen molar-refractivity contribution in [3.8, 4) is 22.5 Å². The van der Waals surface area contributed by atoms with Crippen molar-refractivity contribution in [2.45, 2.75) is 12.5 Å². The fraction of sp³-hybridized carbons (Fsp3) is 0.143. The monoisotopic (exact) mass is 386 g/mol. The fourth-order valence-electron chi connectivity index (χ4n) is 3.43. The van der Waals surface area contributed by atoms with E-state index < -0.39 is 5.60 Å². The van der Waals surface area contributed by atoms with E-state index in [9.17, 15) is 0 Å². The van der Waals surface area contributed by atoms with Gasteiger partial charge >= 0.3 is 0 Å². The smallest absolute Gasteiger partial charge is 0.247 e. The van der Waals surface area contributed by atoms with Gasteiger partial charge in [0.1, 0.15) is 5.65 Å². The van der Waals surface area contributed by atoms with Gasteiger partial charge in [-0.3, -0.25) is 9.78 Å². The van der Waals surface area contributed by atoms with Crippen LogP contribution in [-0.2, 0) is 12.6 Å². The standard InChI is InChI=1S/C21H19N7O/c1-21(29,15-6-4-3-5-7-15)20-25-19(26-27-20)17-11-23-18-16(17)8-13(9-22-18)14-10-24-28(2)12-14/h3-12,29H,1-2H3,(H,22,23)(H,25,26,27)/p+1. The first kappa shape index (κ1) is 17.3. The molecule has 0 saturated heterocycles. The Morgan fingerprint density at radius 2 is 1.93 bits per heavy atom. The molecule has 0 saturated carbocycles. The normalized spacial score (nSPS) is 13.6.